The van der Waals surface area contributed by atoms with Crippen molar-refractivity contribution < 1.29 is 27.8 Å². The van der Waals surface area contributed by atoms with Crippen molar-refractivity contribution in [1.29, 1.82) is 0 Å². The van der Waals surface area contributed by atoms with Crippen molar-refractivity contribution in [1.82, 2.24) is 4.72 Å². The van der Waals surface area contributed by atoms with Crippen molar-refractivity contribution in [3.05, 3.63) is 70.3 Å². The third-order valence-corrected chi connectivity index (χ3v) is 13.2. The average molecular weight is 655 g/mol. The van der Waals surface area contributed by atoms with E-state index in [4.69, 9.17) is 21.1 Å². The van der Waals surface area contributed by atoms with Crippen LogP contribution in [0.5, 0.6) is 5.75 Å². The third-order valence-electron chi connectivity index (χ3n) is 11.1. The molecule has 0 unspecified atom stereocenters. The number of aliphatic hydroxyl groups is 1. The van der Waals surface area contributed by atoms with Gasteiger partial charge in [0.15, 0.2) is 0 Å². The molecule has 2 bridgehead atoms. The second kappa shape index (κ2) is 12.2. The summed E-state index contributed by atoms with van der Waals surface area (Å²) in [5, 5.41) is 11.2. The lowest BCUT2D eigenvalue weighted by molar-refractivity contribution is -0.0564. The number of carbonyl (C=O) groups is 1. The monoisotopic (exact) mass is 654 g/mol. The minimum atomic E-state index is -4.02. The van der Waals surface area contributed by atoms with Crippen LogP contribution in [0.4, 0.5) is 5.69 Å². The first-order valence-corrected chi connectivity index (χ1v) is 18.4. The van der Waals surface area contributed by atoms with Gasteiger partial charge >= 0.3 is 0 Å². The Morgan fingerprint density at radius 3 is 2.76 bits per heavy atom. The zero-order chi connectivity index (χ0) is 31.3. The van der Waals surface area contributed by atoms with Crippen LogP contribution in [0.2, 0.25) is 5.02 Å². The topological polar surface area (TPSA) is 105 Å². The van der Waals surface area contributed by atoms with Crippen LogP contribution in [-0.2, 0) is 26.6 Å². The summed E-state index contributed by atoms with van der Waals surface area (Å²) in [4.78, 5) is 16.0. The van der Waals surface area contributed by atoms with Crippen LogP contribution in [0.25, 0.3) is 0 Å². The van der Waals surface area contributed by atoms with E-state index in [1.54, 1.807) is 18.2 Å². The number of amides is 1. The quantitative estimate of drug-likeness (QED) is 0.418. The second-order valence-corrected chi connectivity index (χ2v) is 16.3. The predicted molar refractivity (Wildman–Crippen MR) is 175 cm³/mol. The molecular formula is C35H43ClN2O6S. The van der Waals surface area contributed by atoms with Crippen LogP contribution in [0.15, 0.2) is 48.6 Å². The van der Waals surface area contributed by atoms with Crippen LogP contribution in [-0.4, -0.2) is 63.2 Å². The highest BCUT2D eigenvalue weighted by Crippen LogP contribution is 2.47. The van der Waals surface area contributed by atoms with Gasteiger partial charge in [-0.2, -0.15) is 0 Å². The first-order chi connectivity index (χ1) is 21.6. The molecule has 2 aromatic carbocycles. The fourth-order valence-corrected chi connectivity index (χ4v) is 10.1. The molecule has 10 heteroatoms. The summed E-state index contributed by atoms with van der Waals surface area (Å²) in [7, 11) is -4.02. The van der Waals surface area contributed by atoms with Crippen LogP contribution >= 0.6 is 11.6 Å². The SMILES string of the molecule is C[C@@H]1C/C=C\[C@H](O)[C@@H]2CC[C@H]2CN2C[C@@]3(CCCc4cc(Cl)ccc43)COc3ccc(cc32)C(=O)NS(=O)(=O)[C@H]1C[C@@H]1CCO1. The number of halogens is 1. The molecule has 7 atom stereocenters. The molecule has 7 rings (SSSR count). The fourth-order valence-electron chi connectivity index (χ4n) is 8.19. The maximum absolute atomic E-state index is 13.7. The Balaban J connectivity index is 1.27. The molecule has 0 aromatic heterocycles. The van der Waals surface area contributed by atoms with Gasteiger partial charge in [-0.25, -0.2) is 13.1 Å². The number of hydrogen-bond acceptors (Lipinski definition) is 7. The summed E-state index contributed by atoms with van der Waals surface area (Å²) in [6.07, 6.45) is 9.55. The zero-order valence-electron chi connectivity index (χ0n) is 25.8. The van der Waals surface area contributed by atoms with Crippen molar-refractivity contribution in [2.24, 2.45) is 17.8 Å². The number of sulfonamides is 1. The van der Waals surface area contributed by atoms with Gasteiger partial charge in [-0.05, 0) is 111 Å². The maximum Gasteiger partial charge on any atom is 0.264 e. The molecule has 1 saturated carbocycles. The molecule has 8 nitrogen and oxygen atoms in total. The number of benzene rings is 2. The van der Waals surface area contributed by atoms with Gasteiger partial charge in [-0.3, -0.25) is 4.79 Å². The first-order valence-electron chi connectivity index (χ1n) is 16.4. The van der Waals surface area contributed by atoms with Gasteiger partial charge in [0.1, 0.15) is 5.75 Å². The molecule has 1 saturated heterocycles. The lowest BCUT2D eigenvalue weighted by atomic mass is 9.68. The molecule has 2 aliphatic carbocycles. The molecule has 2 fully saturated rings. The number of anilines is 1. The number of nitrogens with one attached hydrogen (secondary N) is 1. The van der Waals surface area contributed by atoms with Crippen LogP contribution in [0.1, 0.15) is 73.4 Å². The average Bonchev–Trinajstić information content (AvgIpc) is 3.10. The van der Waals surface area contributed by atoms with E-state index in [0.717, 1.165) is 49.2 Å². The van der Waals surface area contributed by atoms with Crippen molar-refractivity contribution in [2.75, 3.05) is 31.2 Å². The zero-order valence-corrected chi connectivity index (χ0v) is 27.4. The Morgan fingerprint density at radius 2 is 2.00 bits per heavy atom. The molecular weight excluding hydrogens is 612 g/mol. The maximum atomic E-state index is 13.7. The van der Waals surface area contributed by atoms with Gasteiger partial charge in [0.25, 0.3) is 5.91 Å². The molecule has 242 valence electrons. The number of allylic oxidation sites excluding steroid dienone is 1. The van der Waals surface area contributed by atoms with E-state index < -0.39 is 27.3 Å². The minimum absolute atomic E-state index is 0.111. The van der Waals surface area contributed by atoms with Crippen molar-refractivity contribution in [3.63, 3.8) is 0 Å². The number of aliphatic hydroxyl groups excluding tert-OH is 1. The molecule has 0 radical (unpaired) electrons. The molecule has 45 heavy (non-hydrogen) atoms. The molecule has 1 spiro atoms. The highest BCUT2D eigenvalue weighted by molar-refractivity contribution is 7.90. The van der Waals surface area contributed by atoms with E-state index in [-0.39, 0.29) is 34.8 Å². The fraction of sp³-hybridized carbons (Fsp3) is 0.571. The molecule has 3 heterocycles. The number of aryl methyl sites for hydroxylation is 1. The number of nitrogens with zero attached hydrogens (tertiary/aromatic N) is 1. The first kappa shape index (κ1) is 31.0. The van der Waals surface area contributed by atoms with Crippen molar-refractivity contribution in [2.45, 2.75) is 81.2 Å². The number of rotatable bonds is 2. The normalized spacial score (nSPS) is 35.0. The van der Waals surface area contributed by atoms with Gasteiger partial charge in [-0.1, -0.05) is 36.7 Å². The van der Waals surface area contributed by atoms with E-state index in [1.165, 1.54) is 11.1 Å². The summed E-state index contributed by atoms with van der Waals surface area (Å²) in [5.74, 6) is 0.153. The lowest BCUT2D eigenvalue weighted by Crippen LogP contribution is -2.49. The van der Waals surface area contributed by atoms with Gasteiger partial charge in [0.2, 0.25) is 10.0 Å². The molecule has 2 N–H and O–H groups in total. The Labute approximate surface area is 271 Å². The summed E-state index contributed by atoms with van der Waals surface area (Å²) in [6, 6.07) is 11.4. The number of carbonyl (C=O) groups excluding carboxylic acids is 1. The highest BCUT2D eigenvalue weighted by Gasteiger charge is 2.44. The third kappa shape index (κ3) is 6.01. The van der Waals surface area contributed by atoms with Crippen molar-refractivity contribution >= 4 is 33.2 Å². The van der Waals surface area contributed by atoms with Gasteiger partial charge < -0.3 is 19.5 Å². The number of ether oxygens (including phenoxy) is 2. The highest BCUT2D eigenvalue weighted by atomic mass is 35.5. The van der Waals surface area contributed by atoms with E-state index in [1.807, 2.05) is 25.1 Å². The minimum Gasteiger partial charge on any atom is -0.490 e. The second-order valence-electron chi connectivity index (χ2n) is 14.0. The smallest absolute Gasteiger partial charge is 0.264 e. The van der Waals surface area contributed by atoms with Gasteiger partial charge in [-0.15, -0.1) is 0 Å². The van der Waals surface area contributed by atoms with Crippen LogP contribution in [0.3, 0.4) is 0 Å². The standard InChI is InChI=1S/C35H43ClN2O6S/c1-22-4-2-6-31(39)28-10-7-25(28)19-38-20-35(14-3-5-23-16-26(36)9-11-29(23)35)21-44-32-12-8-24(17-30(32)38)34(40)37-45(41,42)33(22)18-27-13-15-43-27/h2,6,8-9,11-12,16-17,22,25,27-28,31,33,39H,3-5,7,10,13-15,18-21H2,1H3,(H,37,40)/b6-2-/t22-,25+,27+,28-,31+,33+,35+/m1/s1. The van der Waals surface area contributed by atoms with Crippen molar-refractivity contribution in [3.8, 4) is 5.75 Å². The molecule has 1 amide bonds. The number of fused-ring (bicyclic) bond motifs is 4. The van der Waals surface area contributed by atoms with E-state index >= 15 is 0 Å². The Morgan fingerprint density at radius 1 is 1.16 bits per heavy atom. The van der Waals surface area contributed by atoms with E-state index in [9.17, 15) is 18.3 Å². The van der Waals surface area contributed by atoms with E-state index in [0.29, 0.717) is 44.9 Å². The predicted octanol–water partition coefficient (Wildman–Crippen LogP) is 5.40. The van der Waals surface area contributed by atoms with E-state index in [2.05, 4.69) is 21.8 Å². The largest absolute Gasteiger partial charge is 0.490 e. The van der Waals surface area contributed by atoms with Gasteiger partial charge in [0, 0.05) is 35.7 Å². The summed E-state index contributed by atoms with van der Waals surface area (Å²) < 4.78 is 42.1. The summed E-state index contributed by atoms with van der Waals surface area (Å²) >= 11 is 6.41. The Kier molecular flexibility index (Phi) is 8.42. The molecule has 3 aliphatic heterocycles. The summed E-state index contributed by atoms with van der Waals surface area (Å²) in [5.41, 5.74) is 3.30. The number of hydrogen-bond donors (Lipinski definition) is 2. The Bertz CT molecular complexity index is 1590. The molecule has 2 aromatic rings. The summed E-state index contributed by atoms with van der Waals surface area (Å²) in [6.45, 7) is 4.41. The Hall–Kier alpha value is -2.59. The van der Waals surface area contributed by atoms with Crippen LogP contribution in [0, 0.1) is 17.8 Å². The van der Waals surface area contributed by atoms with Crippen LogP contribution < -0.4 is 14.4 Å². The lowest BCUT2D eigenvalue weighted by Gasteiger charge is -2.45. The van der Waals surface area contributed by atoms with Gasteiger partial charge in [0.05, 0.1) is 29.8 Å². The molecule has 5 aliphatic rings.